The Kier molecular flexibility index (Phi) is 6.12. The molecule has 1 amide bonds. The van der Waals surface area contributed by atoms with Gasteiger partial charge in [-0.3, -0.25) is 4.90 Å². The van der Waals surface area contributed by atoms with E-state index < -0.39 is 11.6 Å². The van der Waals surface area contributed by atoms with E-state index in [0.717, 1.165) is 50.9 Å². The van der Waals surface area contributed by atoms with Gasteiger partial charge in [-0.15, -0.1) is 0 Å². The van der Waals surface area contributed by atoms with Gasteiger partial charge in [-0.25, -0.2) is 9.59 Å². The molecule has 0 saturated heterocycles. The zero-order valence-corrected chi connectivity index (χ0v) is 21.0. The quantitative estimate of drug-likeness (QED) is 0.586. The number of carboxylic acids is 1. The van der Waals surface area contributed by atoms with Crippen molar-refractivity contribution in [3.8, 4) is 0 Å². The lowest BCUT2D eigenvalue weighted by Crippen LogP contribution is -2.45. The maximum absolute atomic E-state index is 13.3. The van der Waals surface area contributed by atoms with Gasteiger partial charge in [0.1, 0.15) is 5.60 Å². The number of rotatable bonds is 7. The van der Waals surface area contributed by atoms with Crippen molar-refractivity contribution in [1.29, 1.82) is 0 Å². The summed E-state index contributed by atoms with van der Waals surface area (Å²) in [6, 6.07) is 16.1. The molecule has 0 bridgehead atoms. The van der Waals surface area contributed by atoms with Crippen LogP contribution in [0.4, 0.5) is 4.79 Å². The first kappa shape index (κ1) is 23.9. The van der Waals surface area contributed by atoms with Crippen LogP contribution in [0.3, 0.4) is 0 Å². The summed E-state index contributed by atoms with van der Waals surface area (Å²) in [6.45, 7) is 9.14. The highest BCUT2D eigenvalue weighted by molar-refractivity contribution is 5.87. The van der Waals surface area contributed by atoms with Crippen molar-refractivity contribution in [1.82, 2.24) is 9.80 Å². The number of carbonyl (C=O) groups is 2. The average Bonchev–Trinajstić information content (AvgIpc) is 3.73. The third-order valence-electron chi connectivity index (χ3n) is 7.58. The zero-order valence-electron chi connectivity index (χ0n) is 21.0. The monoisotopic (exact) mass is 476 g/mol. The smallest absolute Gasteiger partial charge is 0.410 e. The number of aromatic carboxylic acids is 1. The van der Waals surface area contributed by atoms with Gasteiger partial charge >= 0.3 is 12.1 Å². The van der Waals surface area contributed by atoms with Crippen LogP contribution >= 0.6 is 0 Å². The molecule has 6 nitrogen and oxygen atoms in total. The molecule has 186 valence electrons. The third-order valence-corrected chi connectivity index (χ3v) is 7.58. The number of benzene rings is 2. The largest absolute Gasteiger partial charge is 0.478 e. The van der Waals surface area contributed by atoms with Gasteiger partial charge in [-0.1, -0.05) is 36.4 Å². The maximum Gasteiger partial charge on any atom is 0.410 e. The van der Waals surface area contributed by atoms with E-state index >= 15 is 0 Å². The maximum atomic E-state index is 13.3. The van der Waals surface area contributed by atoms with Crippen LogP contribution in [0.5, 0.6) is 0 Å². The van der Waals surface area contributed by atoms with Crippen molar-refractivity contribution in [2.75, 3.05) is 19.6 Å². The second kappa shape index (κ2) is 8.98. The zero-order chi connectivity index (χ0) is 24.8. The van der Waals surface area contributed by atoms with Crippen LogP contribution in [0.2, 0.25) is 0 Å². The van der Waals surface area contributed by atoms with Crippen molar-refractivity contribution in [3.05, 3.63) is 70.8 Å². The number of hydrogen-bond donors (Lipinski definition) is 1. The fourth-order valence-electron chi connectivity index (χ4n) is 5.48. The summed E-state index contributed by atoms with van der Waals surface area (Å²) in [6.07, 6.45) is 3.91. The summed E-state index contributed by atoms with van der Waals surface area (Å²) in [4.78, 5) is 29.2. The van der Waals surface area contributed by atoms with Gasteiger partial charge in [0.25, 0.3) is 0 Å². The second-order valence-corrected chi connectivity index (χ2v) is 11.7. The lowest BCUT2D eigenvalue weighted by molar-refractivity contribution is 0.0168. The van der Waals surface area contributed by atoms with E-state index in [4.69, 9.17) is 4.74 Å². The van der Waals surface area contributed by atoms with Crippen molar-refractivity contribution in [2.45, 2.75) is 70.6 Å². The Balaban J connectivity index is 1.29. The molecule has 1 N–H and O–H groups in total. The molecule has 2 fully saturated rings. The average molecular weight is 477 g/mol. The standard InChI is InChI=1S/C29H36N2O4/c1-28(2,3)35-27(34)31(25-16-24(25)21-7-5-4-6-8-21)19-29(12-13-29)18-30-14-11-20-9-10-22(26(32)33)15-23(20)17-30/h4-10,15,24-25H,11-14,16-19H2,1-3H3,(H,32,33). The minimum absolute atomic E-state index is 0.0860. The van der Waals surface area contributed by atoms with E-state index in [2.05, 4.69) is 29.2 Å². The minimum Gasteiger partial charge on any atom is -0.478 e. The lowest BCUT2D eigenvalue weighted by atomic mass is 9.95. The summed E-state index contributed by atoms with van der Waals surface area (Å²) >= 11 is 0. The molecular weight excluding hydrogens is 440 g/mol. The van der Waals surface area contributed by atoms with Crippen LogP contribution in [0.1, 0.15) is 73.0 Å². The van der Waals surface area contributed by atoms with Crippen molar-refractivity contribution in [3.63, 3.8) is 0 Å². The van der Waals surface area contributed by atoms with Gasteiger partial charge in [0.05, 0.1) is 5.56 Å². The second-order valence-electron chi connectivity index (χ2n) is 11.7. The summed E-state index contributed by atoms with van der Waals surface area (Å²) in [5.41, 5.74) is 3.56. The van der Waals surface area contributed by atoms with Crippen LogP contribution in [0.25, 0.3) is 0 Å². The Morgan fingerprint density at radius 3 is 2.51 bits per heavy atom. The predicted octanol–water partition coefficient (Wildman–Crippen LogP) is 5.32. The summed E-state index contributed by atoms with van der Waals surface area (Å²) in [5.74, 6) is -0.509. The molecule has 6 heteroatoms. The minimum atomic E-state index is -0.881. The molecule has 5 rings (SSSR count). The van der Waals surface area contributed by atoms with Crippen LogP contribution in [-0.2, 0) is 17.7 Å². The molecule has 2 unspecified atom stereocenters. The SMILES string of the molecule is CC(C)(C)OC(=O)N(CC1(CN2CCc3ccc(C(=O)O)cc3C2)CC1)C1CC1c1ccccc1. The molecule has 1 aliphatic heterocycles. The Labute approximate surface area is 207 Å². The van der Waals surface area contributed by atoms with E-state index in [1.54, 1.807) is 6.07 Å². The molecule has 2 aromatic rings. The molecule has 0 spiro atoms. The van der Waals surface area contributed by atoms with Crippen LogP contribution in [-0.4, -0.2) is 58.2 Å². The molecule has 0 radical (unpaired) electrons. The van der Waals surface area contributed by atoms with Gasteiger partial charge in [0, 0.05) is 43.6 Å². The van der Waals surface area contributed by atoms with Crippen molar-refractivity contribution >= 4 is 12.1 Å². The first-order valence-corrected chi connectivity index (χ1v) is 12.7. The highest BCUT2D eigenvalue weighted by atomic mass is 16.6. The molecule has 2 aromatic carbocycles. The highest BCUT2D eigenvalue weighted by Crippen LogP contribution is 2.52. The Morgan fingerprint density at radius 1 is 1.11 bits per heavy atom. The number of fused-ring (bicyclic) bond motifs is 1. The van der Waals surface area contributed by atoms with E-state index in [1.165, 1.54) is 11.1 Å². The van der Waals surface area contributed by atoms with Gasteiger partial charge in [0.15, 0.2) is 0 Å². The molecular formula is C29H36N2O4. The normalized spacial score (nSPS) is 22.7. The van der Waals surface area contributed by atoms with Gasteiger partial charge in [0.2, 0.25) is 0 Å². The first-order valence-electron chi connectivity index (χ1n) is 12.7. The van der Waals surface area contributed by atoms with E-state index in [9.17, 15) is 14.7 Å². The van der Waals surface area contributed by atoms with E-state index in [1.807, 2.05) is 43.9 Å². The fraction of sp³-hybridized carbons (Fsp3) is 0.517. The Hall–Kier alpha value is -2.86. The molecule has 35 heavy (non-hydrogen) atoms. The first-order chi connectivity index (χ1) is 16.6. The molecule has 2 atom stereocenters. The van der Waals surface area contributed by atoms with Crippen molar-refractivity contribution in [2.24, 2.45) is 5.41 Å². The molecule has 0 aromatic heterocycles. The topological polar surface area (TPSA) is 70.1 Å². The molecule has 2 saturated carbocycles. The predicted molar refractivity (Wildman–Crippen MR) is 135 cm³/mol. The van der Waals surface area contributed by atoms with Gasteiger partial charge in [-0.05, 0) is 75.3 Å². The van der Waals surface area contributed by atoms with E-state index in [-0.39, 0.29) is 17.6 Å². The van der Waals surface area contributed by atoms with Gasteiger partial charge in [-0.2, -0.15) is 0 Å². The van der Waals surface area contributed by atoms with Gasteiger partial charge < -0.3 is 14.7 Å². The lowest BCUT2D eigenvalue weighted by Gasteiger charge is -2.35. The highest BCUT2D eigenvalue weighted by Gasteiger charge is 2.52. The fourth-order valence-corrected chi connectivity index (χ4v) is 5.48. The van der Waals surface area contributed by atoms with Crippen molar-refractivity contribution < 1.29 is 19.4 Å². The Morgan fingerprint density at radius 2 is 1.86 bits per heavy atom. The van der Waals surface area contributed by atoms with Crippen LogP contribution in [0, 0.1) is 5.41 Å². The molecule has 3 aliphatic rings. The Bertz CT molecular complexity index is 1100. The number of nitrogens with zero attached hydrogens (tertiary/aromatic N) is 2. The number of ether oxygens (including phenoxy) is 1. The summed E-state index contributed by atoms with van der Waals surface area (Å²) in [5, 5.41) is 9.38. The number of carbonyl (C=O) groups excluding carboxylic acids is 1. The van der Waals surface area contributed by atoms with Crippen LogP contribution < -0.4 is 0 Å². The number of hydrogen-bond acceptors (Lipinski definition) is 4. The third kappa shape index (κ3) is 5.53. The molecule has 2 aliphatic carbocycles. The summed E-state index contributed by atoms with van der Waals surface area (Å²) in [7, 11) is 0. The molecule has 1 heterocycles. The van der Waals surface area contributed by atoms with E-state index in [0.29, 0.717) is 18.0 Å². The number of amides is 1. The van der Waals surface area contributed by atoms with Crippen LogP contribution in [0.15, 0.2) is 48.5 Å². The summed E-state index contributed by atoms with van der Waals surface area (Å²) < 4.78 is 5.85. The number of carboxylic acid groups (broad SMARTS) is 1.